The number of hydrogen-bond acceptors (Lipinski definition) is 2. The first kappa shape index (κ1) is 17.5. The molecule has 0 N–H and O–H groups in total. The van der Waals surface area contributed by atoms with Gasteiger partial charge in [0.05, 0.1) is 24.2 Å². The van der Waals surface area contributed by atoms with Crippen molar-refractivity contribution in [3.63, 3.8) is 0 Å². The minimum absolute atomic E-state index is 0.124. The van der Waals surface area contributed by atoms with Gasteiger partial charge in [0, 0.05) is 0 Å². The molecule has 0 bridgehead atoms. The number of carbonyl (C=O) groups excluding carboxylic acids is 2. The van der Waals surface area contributed by atoms with Crippen LogP contribution in [0.1, 0.15) is 0 Å². The van der Waals surface area contributed by atoms with Crippen molar-refractivity contribution in [2.45, 2.75) is 58.9 Å². The van der Waals surface area contributed by atoms with Gasteiger partial charge in [-0.3, -0.25) is 9.59 Å². The minimum Gasteiger partial charge on any atom is -0.290 e. The third-order valence-electron chi connectivity index (χ3n) is 3.55. The highest BCUT2D eigenvalue weighted by atomic mass is 28.3. The fourth-order valence-electron chi connectivity index (χ4n) is 2.66. The van der Waals surface area contributed by atoms with Crippen molar-refractivity contribution in [3.8, 4) is 0 Å². The highest BCUT2D eigenvalue weighted by molar-refractivity contribution is 6.99. The SMILES string of the molecule is C[Si](C)(C)C1=CC(=O)C([Si](C)(C)C)=C([Si](C)(C)C)C1=O. The van der Waals surface area contributed by atoms with Crippen molar-refractivity contribution in [1.29, 1.82) is 0 Å². The quantitative estimate of drug-likeness (QED) is 0.581. The van der Waals surface area contributed by atoms with Gasteiger partial charge in [-0.2, -0.15) is 0 Å². The first-order valence-corrected chi connectivity index (χ1v) is 17.7. The van der Waals surface area contributed by atoms with Crippen LogP contribution in [0.4, 0.5) is 0 Å². The van der Waals surface area contributed by atoms with Crippen LogP contribution in [0, 0.1) is 0 Å². The standard InChI is InChI=1S/C15H28O2Si3/c1-18(2,3)12-10-11(16)14(19(4,5)6)15(13(12)17)20(7,8)9/h10H,1-9H3. The van der Waals surface area contributed by atoms with Gasteiger partial charge in [0.1, 0.15) is 0 Å². The number of ketones is 2. The minimum atomic E-state index is -1.83. The van der Waals surface area contributed by atoms with Gasteiger partial charge in [-0.25, -0.2) is 0 Å². The lowest BCUT2D eigenvalue weighted by molar-refractivity contribution is -0.114. The molecule has 0 aliphatic heterocycles. The summed E-state index contributed by atoms with van der Waals surface area (Å²) in [6.45, 7) is 19.5. The largest absolute Gasteiger partial charge is 0.290 e. The van der Waals surface area contributed by atoms with Crippen LogP contribution in [-0.2, 0) is 9.59 Å². The summed E-state index contributed by atoms with van der Waals surface area (Å²) in [5, 5.41) is 2.63. The average molecular weight is 325 g/mol. The van der Waals surface area contributed by atoms with Crippen LogP contribution in [-0.4, -0.2) is 35.8 Å². The van der Waals surface area contributed by atoms with Crippen LogP contribution in [0.25, 0.3) is 0 Å². The number of carbonyl (C=O) groups is 2. The van der Waals surface area contributed by atoms with E-state index in [0.717, 1.165) is 15.6 Å². The van der Waals surface area contributed by atoms with E-state index in [-0.39, 0.29) is 11.6 Å². The Balaban J connectivity index is 3.64. The molecule has 0 fully saturated rings. The number of Topliss-reactive ketones (excluding diaryl/α,β-unsaturated/α-hetero) is 1. The Morgan fingerprint density at radius 2 is 1.05 bits per heavy atom. The molecule has 1 aliphatic rings. The zero-order valence-electron chi connectivity index (χ0n) is 14.4. The third kappa shape index (κ3) is 3.38. The number of hydrogen-bond donors (Lipinski definition) is 0. The van der Waals surface area contributed by atoms with E-state index in [4.69, 9.17) is 0 Å². The Morgan fingerprint density at radius 3 is 1.35 bits per heavy atom. The van der Waals surface area contributed by atoms with Crippen LogP contribution < -0.4 is 0 Å². The van der Waals surface area contributed by atoms with Gasteiger partial charge in [-0.1, -0.05) is 58.9 Å². The van der Waals surface area contributed by atoms with Crippen LogP contribution in [0.2, 0.25) is 58.9 Å². The Labute approximate surface area is 126 Å². The molecule has 0 aromatic rings. The molecule has 0 spiro atoms. The molecule has 0 aromatic carbocycles. The summed E-state index contributed by atoms with van der Waals surface area (Å²) in [7, 11) is -5.41. The van der Waals surface area contributed by atoms with Crippen LogP contribution in [0.3, 0.4) is 0 Å². The molecular weight excluding hydrogens is 296 g/mol. The molecule has 0 saturated carbocycles. The predicted octanol–water partition coefficient (Wildman–Crippen LogP) is 3.99. The predicted molar refractivity (Wildman–Crippen MR) is 95.2 cm³/mol. The van der Waals surface area contributed by atoms with E-state index in [2.05, 4.69) is 58.9 Å². The third-order valence-corrected chi connectivity index (χ3v) is 9.76. The zero-order chi connectivity index (χ0) is 16.1. The van der Waals surface area contributed by atoms with Crippen molar-refractivity contribution in [3.05, 3.63) is 21.7 Å². The van der Waals surface area contributed by atoms with Gasteiger partial charge in [0.25, 0.3) is 0 Å². The molecule has 0 heterocycles. The van der Waals surface area contributed by atoms with E-state index < -0.39 is 24.2 Å². The highest BCUT2D eigenvalue weighted by Crippen LogP contribution is 2.35. The van der Waals surface area contributed by atoms with E-state index in [1.54, 1.807) is 6.08 Å². The fourth-order valence-corrected chi connectivity index (χ4v) is 9.77. The normalized spacial score (nSPS) is 18.6. The van der Waals surface area contributed by atoms with Crippen LogP contribution in [0.5, 0.6) is 0 Å². The van der Waals surface area contributed by atoms with Crippen LogP contribution >= 0.6 is 0 Å². The van der Waals surface area contributed by atoms with Gasteiger partial charge in [-0.05, 0) is 21.7 Å². The molecule has 1 aliphatic carbocycles. The monoisotopic (exact) mass is 324 g/mol. The smallest absolute Gasteiger partial charge is 0.177 e. The van der Waals surface area contributed by atoms with Crippen LogP contribution in [0.15, 0.2) is 21.7 Å². The van der Waals surface area contributed by atoms with Crippen molar-refractivity contribution < 1.29 is 9.59 Å². The van der Waals surface area contributed by atoms with Crippen molar-refractivity contribution in [2.75, 3.05) is 0 Å². The van der Waals surface area contributed by atoms with Gasteiger partial charge in [-0.15, -0.1) is 0 Å². The second-order valence-electron chi connectivity index (χ2n) is 8.75. The molecule has 0 atom stereocenters. The highest BCUT2D eigenvalue weighted by Gasteiger charge is 2.43. The van der Waals surface area contributed by atoms with Gasteiger partial charge >= 0.3 is 0 Å². The second-order valence-corrected chi connectivity index (χ2v) is 23.8. The van der Waals surface area contributed by atoms with Crippen molar-refractivity contribution in [2.24, 2.45) is 0 Å². The Bertz CT molecular complexity index is 521. The average Bonchev–Trinajstić information content (AvgIpc) is 2.14. The van der Waals surface area contributed by atoms with Gasteiger partial charge < -0.3 is 0 Å². The molecular formula is C15H28O2Si3. The van der Waals surface area contributed by atoms with E-state index in [9.17, 15) is 9.59 Å². The summed E-state index contributed by atoms with van der Waals surface area (Å²) < 4.78 is 0. The molecule has 0 saturated heterocycles. The molecule has 2 nitrogen and oxygen atoms in total. The van der Waals surface area contributed by atoms with Crippen molar-refractivity contribution in [1.82, 2.24) is 0 Å². The topological polar surface area (TPSA) is 34.1 Å². The first-order chi connectivity index (χ1) is 8.67. The second kappa shape index (κ2) is 5.03. The Kier molecular flexibility index (Phi) is 4.41. The van der Waals surface area contributed by atoms with E-state index in [0.29, 0.717) is 0 Å². The number of allylic oxidation sites excluding steroid dienone is 4. The lowest BCUT2D eigenvalue weighted by Gasteiger charge is -2.35. The molecule has 20 heavy (non-hydrogen) atoms. The molecule has 0 aromatic heterocycles. The maximum Gasteiger partial charge on any atom is 0.177 e. The first-order valence-electron chi connectivity index (χ1n) is 7.24. The Hall–Kier alpha value is -0.529. The van der Waals surface area contributed by atoms with E-state index in [1.807, 2.05) is 0 Å². The lowest BCUT2D eigenvalue weighted by atomic mass is 10.1. The maximum atomic E-state index is 13.0. The summed E-state index contributed by atoms with van der Waals surface area (Å²) >= 11 is 0. The fraction of sp³-hybridized carbons (Fsp3) is 0.600. The van der Waals surface area contributed by atoms with Gasteiger partial charge in [0.15, 0.2) is 11.6 Å². The summed E-state index contributed by atoms with van der Waals surface area (Å²) in [5.74, 6) is 0.318. The van der Waals surface area contributed by atoms with Crippen molar-refractivity contribution >= 4 is 35.8 Å². The molecule has 5 heteroatoms. The molecule has 112 valence electrons. The Morgan fingerprint density at radius 1 is 0.650 bits per heavy atom. The summed E-state index contributed by atoms with van der Waals surface area (Å²) in [4.78, 5) is 25.7. The maximum absolute atomic E-state index is 13.0. The number of rotatable bonds is 3. The van der Waals surface area contributed by atoms with E-state index in [1.165, 1.54) is 0 Å². The molecule has 0 unspecified atom stereocenters. The molecule has 0 amide bonds. The summed E-state index contributed by atoms with van der Waals surface area (Å²) in [5.41, 5.74) is 0. The molecule has 1 rings (SSSR count). The molecule has 0 radical (unpaired) electrons. The summed E-state index contributed by atoms with van der Waals surface area (Å²) in [6, 6.07) is 0. The zero-order valence-corrected chi connectivity index (χ0v) is 17.4. The lowest BCUT2D eigenvalue weighted by Crippen LogP contribution is -2.46. The van der Waals surface area contributed by atoms with Gasteiger partial charge in [0.2, 0.25) is 0 Å². The summed E-state index contributed by atoms with van der Waals surface area (Å²) in [6.07, 6.45) is 1.67. The van der Waals surface area contributed by atoms with E-state index >= 15 is 0 Å².